The van der Waals surface area contributed by atoms with Crippen LogP contribution in [0.2, 0.25) is 0 Å². The summed E-state index contributed by atoms with van der Waals surface area (Å²) in [5.74, 6) is -1.17. The van der Waals surface area contributed by atoms with Gasteiger partial charge in [0.25, 0.3) is 0 Å². The van der Waals surface area contributed by atoms with Crippen molar-refractivity contribution in [1.82, 2.24) is 0 Å². The molecule has 0 fully saturated rings. The van der Waals surface area contributed by atoms with Crippen LogP contribution >= 0.6 is 0 Å². The summed E-state index contributed by atoms with van der Waals surface area (Å²) >= 11 is 0. The smallest absolute Gasteiger partial charge is 0.162 e. The normalized spacial score (nSPS) is 10.4. The quantitative estimate of drug-likeness (QED) is 0.915. The molecule has 1 N–H and O–H groups in total. The van der Waals surface area contributed by atoms with Crippen LogP contribution in [0.4, 0.5) is 8.78 Å². The van der Waals surface area contributed by atoms with Crippen molar-refractivity contribution >= 4 is 0 Å². The molecule has 0 saturated heterocycles. The van der Waals surface area contributed by atoms with E-state index in [1.54, 1.807) is 31.4 Å². The van der Waals surface area contributed by atoms with E-state index in [1.807, 2.05) is 0 Å². The third-order valence-corrected chi connectivity index (χ3v) is 2.83. The summed E-state index contributed by atoms with van der Waals surface area (Å²) in [6, 6.07) is 9.02. The first-order valence-corrected chi connectivity index (χ1v) is 5.98. The highest BCUT2D eigenvalue weighted by atomic mass is 19.2. The van der Waals surface area contributed by atoms with Gasteiger partial charge in [0, 0.05) is 11.6 Å². The van der Waals surface area contributed by atoms with E-state index in [-0.39, 0.29) is 17.9 Å². The fourth-order valence-corrected chi connectivity index (χ4v) is 1.71. The van der Waals surface area contributed by atoms with Gasteiger partial charge in [0.2, 0.25) is 0 Å². The maximum Gasteiger partial charge on any atom is 0.162 e. The lowest BCUT2D eigenvalue weighted by atomic mass is 10.2. The molecule has 2 aromatic carbocycles. The van der Waals surface area contributed by atoms with E-state index in [9.17, 15) is 8.78 Å². The second kappa shape index (κ2) is 6.34. The maximum absolute atomic E-state index is 13.2. The van der Waals surface area contributed by atoms with E-state index in [2.05, 4.69) is 0 Å². The third kappa shape index (κ3) is 3.24. The minimum atomic E-state index is -1.01. The van der Waals surface area contributed by atoms with Gasteiger partial charge in [0.05, 0.1) is 13.7 Å². The molecule has 0 heterocycles. The standard InChI is InChI=1S/C15H14F2O3/c1-19-12-4-2-10(3-5-12)9-20-15-7-14(17)13(16)6-11(15)8-18/h2-7,18H,8-9H2,1H3. The predicted octanol–water partition coefficient (Wildman–Crippen LogP) is 3.04. The second-order valence-corrected chi connectivity index (χ2v) is 4.17. The number of methoxy groups -OCH3 is 1. The minimum absolute atomic E-state index is 0.127. The number of halogens is 2. The largest absolute Gasteiger partial charge is 0.497 e. The van der Waals surface area contributed by atoms with Crippen LogP contribution in [0.15, 0.2) is 36.4 Å². The van der Waals surface area contributed by atoms with Crippen LogP contribution in [0.3, 0.4) is 0 Å². The van der Waals surface area contributed by atoms with Crippen LogP contribution in [0, 0.1) is 11.6 Å². The van der Waals surface area contributed by atoms with E-state index in [0.717, 1.165) is 23.4 Å². The molecule has 0 aliphatic carbocycles. The van der Waals surface area contributed by atoms with Gasteiger partial charge in [0.1, 0.15) is 18.1 Å². The molecular formula is C15H14F2O3. The van der Waals surface area contributed by atoms with E-state index in [0.29, 0.717) is 0 Å². The van der Waals surface area contributed by atoms with Crippen LogP contribution in [-0.4, -0.2) is 12.2 Å². The van der Waals surface area contributed by atoms with E-state index in [4.69, 9.17) is 14.6 Å². The fourth-order valence-electron chi connectivity index (χ4n) is 1.71. The molecular weight excluding hydrogens is 266 g/mol. The molecule has 0 aromatic heterocycles. The van der Waals surface area contributed by atoms with Gasteiger partial charge >= 0.3 is 0 Å². The first-order chi connectivity index (χ1) is 9.63. The van der Waals surface area contributed by atoms with Crippen molar-refractivity contribution in [1.29, 1.82) is 0 Å². The first-order valence-electron chi connectivity index (χ1n) is 5.98. The van der Waals surface area contributed by atoms with Crippen LogP contribution in [-0.2, 0) is 13.2 Å². The summed E-state index contributed by atoms with van der Waals surface area (Å²) in [6.45, 7) is -0.239. The van der Waals surface area contributed by atoms with Gasteiger partial charge in [-0.05, 0) is 23.8 Å². The molecule has 0 saturated carbocycles. The van der Waals surface area contributed by atoms with Crippen molar-refractivity contribution in [3.63, 3.8) is 0 Å². The van der Waals surface area contributed by atoms with Crippen molar-refractivity contribution in [3.05, 3.63) is 59.2 Å². The number of benzene rings is 2. The van der Waals surface area contributed by atoms with Gasteiger partial charge in [-0.25, -0.2) is 8.78 Å². The lowest BCUT2D eigenvalue weighted by Crippen LogP contribution is -2.01. The fraction of sp³-hybridized carbons (Fsp3) is 0.200. The Labute approximate surface area is 115 Å². The highest BCUT2D eigenvalue weighted by Gasteiger charge is 2.10. The van der Waals surface area contributed by atoms with Gasteiger partial charge < -0.3 is 14.6 Å². The summed E-state index contributed by atoms with van der Waals surface area (Å²) < 4.78 is 36.7. The average molecular weight is 280 g/mol. The lowest BCUT2D eigenvalue weighted by molar-refractivity contribution is 0.256. The monoisotopic (exact) mass is 280 g/mol. The van der Waals surface area contributed by atoms with Crippen LogP contribution < -0.4 is 9.47 Å². The Morgan fingerprint density at radius 3 is 2.30 bits per heavy atom. The predicted molar refractivity (Wildman–Crippen MR) is 69.6 cm³/mol. The number of aliphatic hydroxyl groups excluding tert-OH is 1. The van der Waals surface area contributed by atoms with Crippen molar-refractivity contribution in [3.8, 4) is 11.5 Å². The first kappa shape index (κ1) is 14.3. The van der Waals surface area contributed by atoms with E-state index in [1.165, 1.54) is 0 Å². The third-order valence-electron chi connectivity index (χ3n) is 2.83. The summed E-state index contributed by atoms with van der Waals surface area (Å²) in [6.07, 6.45) is 0. The number of ether oxygens (including phenoxy) is 2. The molecule has 0 unspecified atom stereocenters. The molecule has 0 aliphatic rings. The number of hydrogen-bond donors (Lipinski definition) is 1. The molecule has 3 nitrogen and oxygen atoms in total. The Balaban J connectivity index is 2.11. The molecule has 2 rings (SSSR count). The maximum atomic E-state index is 13.2. The van der Waals surface area contributed by atoms with Crippen LogP contribution in [0.1, 0.15) is 11.1 Å². The molecule has 0 aliphatic heterocycles. The Hall–Kier alpha value is -2.14. The van der Waals surface area contributed by atoms with Crippen LogP contribution in [0.25, 0.3) is 0 Å². The molecule has 2 aromatic rings. The average Bonchev–Trinajstić information content (AvgIpc) is 2.48. The summed E-state index contributed by atoms with van der Waals surface area (Å²) in [5.41, 5.74) is 1.05. The second-order valence-electron chi connectivity index (χ2n) is 4.17. The van der Waals surface area contributed by atoms with Crippen molar-refractivity contribution in [2.75, 3.05) is 7.11 Å². The van der Waals surface area contributed by atoms with Crippen molar-refractivity contribution < 1.29 is 23.4 Å². The molecule has 5 heteroatoms. The molecule has 106 valence electrons. The van der Waals surface area contributed by atoms with Gasteiger partial charge in [-0.1, -0.05) is 12.1 Å². The van der Waals surface area contributed by atoms with Crippen LogP contribution in [0.5, 0.6) is 11.5 Å². The SMILES string of the molecule is COc1ccc(COc2cc(F)c(F)cc2CO)cc1. The van der Waals surface area contributed by atoms with Gasteiger partial charge in [-0.3, -0.25) is 0 Å². The Morgan fingerprint density at radius 1 is 1.05 bits per heavy atom. The number of aliphatic hydroxyl groups is 1. The summed E-state index contributed by atoms with van der Waals surface area (Å²) in [4.78, 5) is 0. The summed E-state index contributed by atoms with van der Waals surface area (Å²) in [7, 11) is 1.57. The molecule has 0 bridgehead atoms. The van der Waals surface area contributed by atoms with Gasteiger partial charge in [0.15, 0.2) is 11.6 Å². The zero-order valence-electron chi connectivity index (χ0n) is 10.9. The number of hydrogen-bond acceptors (Lipinski definition) is 3. The molecule has 0 radical (unpaired) electrons. The Bertz CT molecular complexity index is 582. The van der Waals surface area contributed by atoms with Crippen molar-refractivity contribution in [2.45, 2.75) is 13.2 Å². The molecule has 0 spiro atoms. The van der Waals surface area contributed by atoms with E-state index >= 15 is 0 Å². The molecule has 0 atom stereocenters. The zero-order valence-corrected chi connectivity index (χ0v) is 10.9. The lowest BCUT2D eigenvalue weighted by Gasteiger charge is -2.11. The Kier molecular flexibility index (Phi) is 4.53. The zero-order chi connectivity index (χ0) is 14.5. The minimum Gasteiger partial charge on any atom is -0.497 e. The highest BCUT2D eigenvalue weighted by Crippen LogP contribution is 2.23. The van der Waals surface area contributed by atoms with Gasteiger partial charge in [-0.2, -0.15) is 0 Å². The topological polar surface area (TPSA) is 38.7 Å². The Morgan fingerprint density at radius 2 is 1.70 bits per heavy atom. The van der Waals surface area contributed by atoms with Crippen molar-refractivity contribution in [2.24, 2.45) is 0 Å². The highest BCUT2D eigenvalue weighted by molar-refractivity contribution is 5.35. The summed E-state index contributed by atoms with van der Waals surface area (Å²) in [5, 5.41) is 9.11. The van der Waals surface area contributed by atoms with E-state index < -0.39 is 18.2 Å². The number of rotatable bonds is 5. The molecule has 0 amide bonds. The molecule has 20 heavy (non-hydrogen) atoms. The van der Waals surface area contributed by atoms with Gasteiger partial charge in [-0.15, -0.1) is 0 Å².